The first-order valence-corrected chi connectivity index (χ1v) is 9.68. The molecule has 0 spiro atoms. The molecular weight excluding hydrogens is 405 g/mol. The molecule has 0 aliphatic carbocycles. The Morgan fingerprint density at radius 2 is 2.13 bits per heavy atom. The summed E-state index contributed by atoms with van der Waals surface area (Å²) < 4.78 is 18.7. The number of amides is 1. The molecule has 3 atom stereocenters. The summed E-state index contributed by atoms with van der Waals surface area (Å²) in [5.74, 6) is -0.113. The van der Waals surface area contributed by atoms with Crippen molar-refractivity contribution in [3.63, 3.8) is 0 Å². The zero-order valence-electron chi connectivity index (χ0n) is 16.4. The highest BCUT2D eigenvalue weighted by molar-refractivity contribution is 6.03. The third-order valence-corrected chi connectivity index (χ3v) is 4.79. The first kappa shape index (κ1) is 20.8. The predicted molar refractivity (Wildman–Crippen MR) is 110 cm³/mol. The van der Waals surface area contributed by atoms with Crippen LogP contribution in [-0.2, 0) is 4.79 Å². The van der Waals surface area contributed by atoms with E-state index in [4.69, 9.17) is 9.84 Å². The second-order valence-electron chi connectivity index (χ2n) is 7.00. The van der Waals surface area contributed by atoms with Gasteiger partial charge in [0.2, 0.25) is 0 Å². The first-order valence-electron chi connectivity index (χ1n) is 9.68. The van der Waals surface area contributed by atoms with Gasteiger partial charge in [0.05, 0.1) is 18.8 Å². The predicted octanol–water partition coefficient (Wildman–Crippen LogP) is 0.780. The molecule has 0 saturated heterocycles. The monoisotopic (exact) mass is 427 g/mol. The molecule has 2 aromatic rings. The highest BCUT2D eigenvalue weighted by atomic mass is 19.1. The lowest BCUT2D eigenvalue weighted by molar-refractivity contribution is -0.114. The molecule has 1 aromatic carbocycles. The van der Waals surface area contributed by atoms with Gasteiger partial charge in [0.15, 0.2) is 0 Å². The number of hydrazine groups is 1. The molecule has 2 unspecified atom stereocenters. The Labute approximate surface area is 177 Å². The number of anilines is 1. The van der Waals surface area contributed by atoms with E-state index < -0.39 is 24.4 Å². The maximum atomic E-state index is 13.0. The van der Waals surface area contributed by atoms with Crippen molar-refractivity contribution in [2.24, 2.45) is 0 Å². The fourth-order valence-electron chi connectivity index (χ4n) is 3.24. The van der Waals surface area contributed by atoms with Crippen molar-refractivity contribution in [3.8, 4) is 5.75 Å². The Morgan fingerprint density at radius 3 is 2.90 bits per heavy atom. The van der Waals surface area contributed by atoms with Crippen LogP contribution < -0.4 is 20.8 Å². The average Bonchev–Trinajstić information content (AvgIpc) is 3.22. The second kappa shape index (κ2) is 9.13. The Balaban J connectivity index is 1.48. The average molecular weight is 427 g/mol. The van der Waals surface area contributed by atoms with E-state index in [-0.39, 0.29) is 24.6 Å². The summed E-state index contributed by atoms with van der Waals surface area (Å²) in [5.41, 5.74) is 4.42. The van der Waals surface area contributed by atoms with Crippen LogP contribution in [0.3, 0.4) is 0 Å². The minimum absolute atomic E-state index is 0.0456. The van der Waals surface area contributed by atoms with E-state index in [9.17, 15) is 14.3 Å². The fourth-order valence-corrected chi connectivity index (χ4v) is 3.24. The summed E-state index contributed by atoms with van der Waals surface area (Å²) in [6, 6.07) is 9.61. The topological polar surface area (TPSA) is 119 Å². The highest BCUT2D eigenvalue weighted by Crippen LogP contribution is 2.31. The van der Waals surface area contributed by atoms with Gasteiger partial charge in [-0.15, -0.1) is 0 Å². The second-order valence-corrected chi connectivity index (χ2v) is 7.00. The molecule has 2 aliphatic rings. The van der Waals surface area contributed by atoms with Gasteiger partial charge >= 0.3 is 0 Å². The molecule has 0 radical (unpaired) electrons. The number of benzene rings is 1. The fraction of sp³-hybridized carbons (Fsp3) is 0.238. The van der Waals surface area contributed by atoms with E-state index >= 15 is 0 Å². The summed E-state index contributed by atoms with van der Waals surface area (Å²) in [6.07, 6.45) is 5.23. The number of rotatable bonds is 7. The van der Waals surface area contributed by atoms with Crippen molar-refractivity contribution < 1.29 is 24.1 Å². The number of pyridine rings is 1. The van der Waals surface area contributed by atoms with Crippen molar-refractivity contribution in [1.29, 1.82) is 0 Å². The molecule has 162 valence electrons. The molecule has 0 fully saturated rings. The number of aromatic nitrogens is 1. The molecule has 2 aliphatic heterocycles. The van der Waals surface area contributed by atoms with Gasteiger partial charge in [-0.3, -0.25) is 9.80 Å². The molecule has 3 heterocycles. The quantitative estimate of drug-likeness (QED) is 0.412. The van der Waals surface area contributed by atoms with Gasteiger partial charge in [-0.25, -0.2) is 14.8 Å². The number of nitrogens with zero attached hydrogens (tertiary/aromatic N) is 2. The smallest absolute Gasteiger partial charge is 0.276 e. The number of halogens is 1. The number of fused-ring (bicyclic) bond motifs is 1. The summed E-state index contributed by atoms with van der Waals surface area (Å²) in [7, 11) is 0. The number of hydrogen-bond donors (Lipinski definition) is 5. The maximum absolute atomic E-state index is 13.0. The van der Waals surface area contributed by atoms with Gasteiger partial charge in [0, 0.05) is 11.8 Å². The van der Waals surface area contributed by atoms with Gasteiger partial charge in [-0.2, -0.15) is 0 Å². The molecule has 4 rings (SSSR count). The lowest BCUT2D eigenvalue weighted by atomic mass is 10.0. The van der Waals surface area contributed by atoms with Gasteiger partial charge < -0.3 is 25.6 Å². The lowest BCUT2D eigenvalue weighted by Gasteiger charge is -2.35. The number of carbonyl (C=O) groups is 1. The van der Waals surface area contributed by atoms with Crippen molar-refractivity contribution in [3.05, 3.63) is 78.0 Å². The van der Waals surface area contributed by atoms with Crippen molar-refractivity contribution in [1.82, 2.24) is 20.7 Å². The van der Waals surface area contributed by atoms with Crippen LogP contribution in [0.1, 0.15) is 11.6 Å². The summed E-state index contributed by atoms with van der Waals surface area (Å²) in [4.78, 5) is 16.6. The summed E-state index contributed by atoms with van der Waals surface area (Å²) >= 11 is 0. The number of ether oxygens (including phenoxy) is 1. The Bertz CT molecular complexity index is 998. The number of carbonyl (C=O) groups excluding carboxylic acids is 1. The van der Waals surface area contributed by atoms with Gasteiger partial charge in [-0.1, -0.05) is 24.3 Å². The molecule has 31 heavy (non-hydrogen) atoms. The van der Waals surface area contributed by atoms with Crippen molar-refractivity contribution >= 4 is 11.7 Å². The van der Waals surface area contributed by atoms with Crippen molar-refractivity contribution in [2.45, 2.75) is 18.3 Å². The number of para-hydroxylation sites is 1. The lowest BCUT2D eigenvalue weighted by Crippen LogP contribution is -2.50. The number of aliphatic hydroxyl groups excluding tert-OH is 2. The van der Waals surface area contributed by atoms with Gasteiger partial charge in [0.1, 0.15) is 42.0 Å². The van der Waals surface area contributed by atoms with E-state index in [0.717, 1.165) is 11.8 Å². The number of nitrogens with one attached hydrogen (secondary N) is 3. The van der Waals surface area contributed by atoms with Crippen LogP contribution in [0.25, 0.3) is 0 Å². The number of aliphatic hydroxyl groups is 2. The normalized spacial score (nSPS) is 20.5. The van der Waals surface area contributed by atoms with Crippen LogP contribution in [0.5, 0.6) is 5.75 Å². The minimum Gasteiger partial charge on any atom is -0.490 e. The molecule has 0 saturated carbocycles. The molecule has 10 heteroatoms. The van der Waals surface area contributed by atoms with Crippen LogP contribution in [0, 0.1) is 5.82 Å². The third-order valence-electron chi connectivity index (χ3n) is 4.79. The Morgan fingerprint density at radius 1 is 1.29 bits per heavy atom. The third kappa shape index (κ3) is 4.66. The largest absolute Gasteiger partial charge is 0.490 e. The van der Waals surface area contributed by atoms with Crippen LogP contribution in [0.15, 0.2) is 66.6 Å². The van der Waals surface area contributed by atoms with Crippen molar-refractivity contribution in [2.75, 3.05) is 18.5 Å². The Kier molecular flexibility index (Phi) is 6.12. The first-order chi connectivity index (χ1) is 15.0. The van der Waals surface area contributed by atoms with E-state index in [1.165, 1.54) is 12.1 Å². The zero-order valence-corrected chi connectivity index (χ0v) is 16.4. The van der Waals surface area contributed by atoms with Gasteiger partial charge in [-0.05, 0) is 24.3 Å². The zero-order chi connectivity index (χ0) is 21.8. The SMILES string of the molecule is O=C(Nc1ccc(F)cn1)C1=CNC2C=CC(c3ccccc3OC[C@H](O)CO)NN12. The van der Waals surface area contributed by atoms with E-state index in [0.29, 0.717) is 11.4 Å². The molecule has 1 aromatic heterocycles. The van der Waals surface area contributed by atoms with Crippen LogP contribution in [0.4, 0.5) is 10.2 Å². The summed E-state index contributed by atoms with van der Waals surface area (Å²) in [6.45, 7) is -0.437. The molecule has 5 N–H and O–H groups in total. The number of hydrogen-bond acceptors (Lipinski definition) is 8. The Hall–Kier alpha value is -3.47. The minimum atomic E-state index is -0.978. The maximum Gasteiger partial charge on any atom is 0.276 e. The molecule has 9 nitrogen and oxygen atoms in total. The molecular formula is C21H22FN5O4. The van der Waals surface area contributed by atoms with E-state index in [1.807, 2.05) is 30.4 Å². The van der Waals surface area contributed by atoms with E-state index in [1.54, 1.807) is 17.3 Å². The van der Waals surface area contributed by atoms with Crippen LogP contribution in [0.2, 0.25) is 0 Å². The van der Waals surface area contributed by atoms with Crippen LogP contribution >= 0.6 is 0 Å². The van der Waals surface area contributed by atoms with E-state index in [2.05, 4.69) is 21.0 Å². The standard InChI is InChI=1S/C21H22FN5O4/c22-13-5-7-19(23-9-13)25-21(30)17-10-24-20-8-6-16(26-27(17)20)15-3-1-2-4-18(15)31-12-14(29)11-28/h1-10,14,16,20,24,26,28-29H,11-12H2,(H,23,25,30)/t14-,16?,20?/m1/s1. The van der Waals surface area contributed by atoms with Gasteiger partial charge in [0.25, 0.3) is 5.91 Å². The molecule has 0 bridgehead atoms. The van der Waals surface area contributed by atoms with Crippen LogP contribution in [-0.4, -0.2) is 51.6 Å². The highest BCUT2D eigenvalue weighted by Gasteiger charge is 2.34. The molecule has 1 amide bonds. The summed E-state index contributed by atoms with van der Waals surface area (Å²) in [5, 5.41) is 26.0.